The first-order valence-electron chi connectivity index (χ1n) is 9.72. The Labute approximate surface area is 183 Å². The van der Waals surface area contributed by atoms with Gasteiger partial charge in [0.25, 0.3) is 0 Å². The SMILES string of the molecule is CCCc1ccc(Oc2c(-c3ccc(S(C)(=O)=O)cc3)cnn(CC(F)(F)F)c2=O)cc1. The van der Waals surface area contributed by atoms with Gasteiger partial charge in [-0.25, -0.2) is 13.1 Å². The molecule has 0 bridgehead atoms. The summed E-state index contributed by atoms with van der Waals surface area (Å²) in [5.41, 5.74) is 0.523. The lowest BCUT2D eigenvalue weighted by Gasteiger charge is -2.14. The molecule has 3 rings (SSSR count). The first-order valence-corrected chi connectivity index (χ1v) is 11.6. The summed E-state index contributed by atoms with van der Waals surface area (Å²) in [7, 11) is -3.44. The molecule has 1 aromatic heterocycles. The van der Waals surface area contributed by atoms with Gasteiger partial charge in [0, 0.05) is 6.26 Å². The van der Waals surface area contributed by atoms with E-state index in [1.54, 1.807) is 12.1 Å². The van der Waals surface area contributed by atoms with Gasteiger partial charge in [-0.15, -0.1) is 0 Å². The lowest BCUT2D eigenvalue weighted by atomic mass is 10.1. The minimum Gasteiger partial charge on any atom is -0.451 e. The van der Waals surface area contributed by atoms with Crippen molar-refractivity contribution >= 4 is 9.84 Å². The van der Waals surface area contributed by atoms with Crippen LogP contribution in [0, 0.1) is 0 Å². The second-order valence-corrected chi connectivity index (χ2v) is 9.27. The summed E-state index contributed by atoms with van der Waals surface area (Å²) in [6.07, 6.45) is -0.692. The smallest absolute Gasteiger partial charge is 0.408 e. The van der Waals surface area contributed by atoms with Crippen LogP contribution in [0.4, 0.5) is 13.2 Å². The van der Waals surface area contributed by atoms with Gasteiger partial charge in [0.05, 0.1) is 16.7 Å². The summed E-state index contributed by atoms with van der Waals surface area (Å²) in [6.45, 7) is 0.469. The zero-order chi connectivity index (χ0) is 23.5. The first kappa shape index (κ1) is 23.5. The fourth-order valence-electron chi connectivity index (χ4n) is 3.07. The maximum atomic E-state index is 12.9. The van der Waals surface area contributed by atoms with Crippen LogP contribution in [-0.4, -0.2) is 30.6 Å². The van der Waals surface area contributed by atoms with E-state index in [1.165, 1.54) is 24.3 Å². The summed E-state index contributed by atoms with van der Waals surface area (Å²) in [4.78, 5) is 12.9. The number of alkyl halides is 3. The van der Waals surface area contributed by atoms with Crippen LogP contribution >= 0.6 is 0 Å². The minimum atomic E-state index is -4.64. The van der Waals surface area contributed by atoms with Crippen molar-refractivity contribution < 1.29 is 26.3 Å². The second-order valence-electron chi connectivity index (χ2n) is 7.26. The van der Waals surface area contributed by atoms with Crippen LogP contribution in [0.25, 0.3) is 11.1 Å². The summed E-state index contributed by atoms with van der Waals surface area (Å²) < 4.78 is 68.0. The molecule has 0 fully saturated rings. The van der Waals surface area contributed by atoms with Crippen molar-refractivity contribution in [1.82, 2.24) is 9.78 Å². The number of halogens is 3. The second kappa shape index (κ2) is 9.15. The molecular weight excluding hydrogens is 445 g/mol. The Hall–Kier alpha value is -3.14. The lowest BCUT2D eigenvalue weighted by molar-refractivity contribution is -0.143. The van der Waals surface area contributed by atoms with Crippen molar-refractivity contribution in [1.29, 1.82) is 0 Å². The molecular formula is C22H21F3N2O4S. The molecule has 0 unspecified atom stereocenters. The molecule has 0 aliphatic heterocycles. The van der Waals surface area contributed by atoms with Gasteiger partial charge in [-0.2, -0.15) is 18.3 Å². The molecule has 10 heteroatoms. The van der Waals surface area contributed by atoms with Gasteiger partial charge < -0.3 is 4.74 Å². The molecule has 0 aliphatic rings. The number of rotatable bonds is 7. The minimum absolute atomic E-state index is 0.0635. The normalized spacial score (nSPS) is 12.0. The third-order valence-electron chi connectivity index (χ3n) is 4.60. The van der Waals surface area contributed by atoms with E-state index in [0.717, 1.165) is 30.9 Å². The number of aromatic nitrogens is 2. The third-order valence-corrected chi connectivity index (χ3v) is 5.73. The Balaban J connectivity index is 2.08. The molecule has 170 valence electrons. The van der Waals surface area contributed by atoms with E-state index in [4.69, 9.17) is 4.74 Å². The summed E-state index contributed by atoms with van der Waals surface area (Å²) >= 11 is 0. The molecule has 1 heterocycles. The van der Waals surface area contributed by atoms with Crippen LogP contribution in [0.3, 0.4) is 0 Å². The summed E-state index contributed by atoms with van der Waals surface area (Å²) in [5, 5.41) is 3.64. The zero-order valence-corrected chi connectivity index (χ0v) is 18.2. The number of nitrogens with zero attached hydrogens (tertiary/aromatic N) is 2. The molecule has 0 atom stereocenters. The average molecular weight is 466 g/mol. The van der Waals surface area contributed by atoms with Gasteiger partial charge in [0.15, 0.2) is 9.84 Å². The molecule has 0 N–H and O–H groups in total. The average Bonchev–Trinajstić information content (AvgIpc) is 2.71. The van der Waals surface area contributed by atoms with Crippen molar-refractivity contribution in [2.24, 2.45) is 0 Å². The number of sulfone groups is 1. The molecule has 0 saturated heterocycles. The molecule has 0 radical (unpaired) electrons. The monoisotopic (exact) mass is 466 g/mol. The highest BCUT2D eigenvalue weighted by atomic mass is 32.2. The maximum Gasteiger partial charge on any atom is 0.408 e. The quantitative estimate of drug-likeness (QED) is 0.508. The van der Waals surface area contributed by atoms with Gasteiger partial charge in [-0.3, -0.25) is 4.79 Å². The third kappa shape index (κ3) is 5.76. The number of hydrogen-bond acceptors (Lipinski definition) is 5. The summed E-state index contributed by atoms with van der Waals surface area (Å²) in [6, 6.07) is 12.5. The topological polar surface area (TPSA) is 78.3 Å². The van der Waals surface area contributed by atoms with Gasteiger partial charge >= 0.3 is 11.7 Å². The van der Waals surface area contributed by atoms with Crippen molar-refractivity contribution in [3.63, 3.8) is 0 Å². The van der Waals surface area contributed by atoms with Crippen LogP contribution < -0.4 is 10.3 Å². The highest BCUT2D eigenvalue weighted by molar-refractivity contribution is 7.90. The van der Waals surface area contributed by atoms with Gasteiger partial charge in [0.2, 0.25) is 5.75 Å². The van der Waals surface area contributed by atoms with Crippen molar-refractivity contribution in [2.45, 2.75) is 37.4 Å². The Kier molecular flexibility index (Phi) is 6.73. The Bertz CT molecular complexity index is 1250. The van der Waals surface area contributed by atoms with E-state index in [-0.39, 0.29) is 26.6 Å². The van der Waals surface area contributed by atoms with Gasteiger partial charge in [-0.1, -0.05) is 37.6 Å². The predicted molar refractivity (Wildman–Crippen MR) is 114 cm³/mol. The van der Waals surface area contributed by atoms with Crippen LogP contribution in [-0.2, 0) is 22.8 Å². The van der Waals surface area contributed by atoms with Crippen molar-refractivity contribution in [3.8, 4) is 22.6 Å². The van der Waals surface area contributed by atoms with Gasteiger partial charge in [0.1, 0.15) is 12.3 Å². The molecule has 2 aromatic carbocycles. The van der Waals surface area contributed by atoms with Crippen LogP contribution in [0.2, 0.25) is 0 Å². The number of benzene rings is 2. The maximum absolute atomic E-state index is 12.9. The zero-order valence-electron chi connectivity index (χ0n) is 17.4. The lowest BCUT2D eigenvalue weighted by Crippen LogP contribution is -2.30. The number of hydrogen-bond donors (Lipinski definition) is 0. The van der Waals surface area contributed by atoms with E-state index in [0.29, 0.717) is 5.56 Å². The van der Waals surface area contributed by atoms with E-state index in [1.807, 2.05) is 19.1 Å². The Morgan fingerprint density at radius 1 is 1.03 bits per heavy atom. The van der Waals surface area contributed by atoms with Crippen molar-refractivity contribution in [3.05, 3.63) is 70.6 Å². The van der Waals surface area contributed by atoms with E-state index >= 15 is 0 Å². The fraction of sp³-hybridized carbons (Fsp3) is 0.273. The van der Waals surface area contributed by atoms with Gasteiger partial charge in [-0.05, 0) is 41.8 Å². The molecule has 3 aromatic rings. The Morgan fingerprint density at radius 3 is 2.19 bits per heavy atom. The molecule has 0 spiro atoms. The molecule has 6 nitrogen and oxygen atoms in total. The van der Waals surface area contributed by atoms with Crippen LogP contribution in [0.15, 0.2) is 64.4 Å². The van der Waals surface area contributed by atoms with Crippen molar-refractivity contribution in [2.75, 3.05) is 6.26 Å². The van der Waals surface area contributed by atoms with Crippen LogP contribution in [0.5, 0.6) is 11.5 Å². The Morgan fingerprint density at radius 2 is 1.66 bits per heavy atom. The highest BCUT2D eigenvalue weighted by Gasteiger charge is 2.30. The first-order chi connectivity index (χ1) is 15.0. The molecule has 0 aliphatic carbocycles. The fourth-order valence-corrected chi connectivity index (χ4v) is 3.70. The summed E-state index contributed by atoms with van der Waals surface area (Å²) in [5.74, 6) is -0.0553. The largest absolute Gasteiger partial charge is 0.451 e. The predicted octanol–water partition coefficient (Wildman–Crippen LogP) is 4.62. The number of aryl methyl sites for hydroxylation is 1. The van der Waals surface area contributed by atoms with E-state index in [9.17, 15) is 26.4 Å². The van der Waals surface area contributed by atoms with Crippen LogP contribution in [0.1, 0.15) is 18.9 Å². The van der Waals surface area contributed by atoms with E-state index in [2.05, 4.69) is 5.10 Å². The number of ether oxygens (including phenoxy) is 1. The standard InChI is InChI=1S/C22H21F3N2O4S/c1-3-4-15-5-9-17(10-6-15)31-20-19(13-26-27(21(20)28)14-22(23,24)25)16-7-11-18(12-8-16)32(2,29)30/h5-13H,3-4,14H2,1-2H3. The molecule has 0 saturated carbocycles. The van der Waals surface area contributed by atoms with E-state index < -0.39 is 28.1 Å². The molecule has 32 heavy (non-hydrogen) atoms. The molecule has 0 amide bonds. The highest BCUT2D eigenvalue weighted by Crippen LogP contribution is 2.31.